The predicted octanol–water partition coefficient (Wildman–Crippen LogP) is 6.76. The molecule has 0 atom stereocenters. The maximum absolute atomic E-state index is 3.52. The molecule has 0 aliphatic heterocycles. The Morgan fingerprint density at radius 2 is 1.45 bits per heavy atom. The molecule has 2 fully saturated rings. The van der Waals surface area contributed by atoms with Crippen LogP contribution in [0.3, 0.4) is 0 Å². The van der Waals surface area contributed by atoms with Crippen molar-refractivity contribution >= 4 is 0 Å². The van der Waals surface area contributed by atoms with Gasteiger partial charge in [-0.25, -0.2) is 0 Å². The van der Waals surface area contributed by atoms with Gasteiger partial charge in [0.1, 0.15) is 0 Å². The van der Waals surface area contributed by atoms with Gasteiger partial charge in [-0.1, -0.05) is 38.3 Å². The minimum Gasteiger partial charge on any atom is -0.103 e. The quantitative estimate of drug-likeness (QED) is 0.388. The normalized spacial score (nSPS) is 32.6. The highest BCUT2D eigenvalue weighted by molar-refractivity contribution is 5.05. The highest BCUT2D eigenvalue weighted by atomic mass is 14.3. The van der Waals surface area contributed by atoms with Crippen LogP contribution in [0, 0.1) is 35.5 Å². The predicted molar refractivity (Wildman–Crippen MR) is 97.6 cm³/mol. The molecule has 0 N–H and O–H groups in total. The van der Waals surface area contributed by atoms with E-state index in [1.165, 1.54) is 70.6 Å². The molecule has 2 aliphatic rings. The smallest absolute Gasteiger partial charge is 0.0203 e. The van der Waals surface area contributed by atoms with E-state index in [4.69, 9.17) is 0 Å². The molecule has 0 saturated heterocycles. The van der Waals surface area contributed by atoms with Crippen molar-refractivity contribution in [3.63, 3.8) is 0 Å². The first-order chi connectivity index (χ1) is 10.8. The molecule has 0 spiro atoms. The van der Waals surface area contributed by atoms with Crippen LogP contribution in [0.5, 0.6) is 0 Å². The number of hydrogen-bond donors (Lipinski definition) is 0. The van der Waals surface area contributed by atoms with Gasteiger partial charge >= 0.3 is 0 Å². The fraction of sp³-hybridized carbons (Fsp3) is 0.818. The average molecular weight is 301 g/mol. The molecule has 0 heterocycles. The Morgan fingerprint density at radius 3 is 2.05 bits per heavy atom. The van der Waals surface area contributed by atoms with E-state index in [2.05, 4.69) is 37.8 Å². The highest BCUT2D eigenvalue weighted by Gasteiger charge is 2.29. The Morgan fingerprint density at radius 1 is 0.818 bits per heavy atom. The number of unbranched alkanes of at least 4 members (excludes halogenated alkanes) is 2. The molecule has 0 amide bonds. The van der Waals surface area contributed by atoms with Crippen molar-refractivity contribution in [3.8, 4) is 11.8 Å². The molecule has 2 rings (SSSR count). The topological polar surface area (TPSA) is 0 Å². The summed E-state index contributed by atoms with van der Waals surface area (Å²) in [4.78, 5) is 0. The van der Waals surface area contributed by atoms with Gasteiger partial charge in [-0.15, -0.1) is 5.92 Å². The zero-order chi connectivity index (χ0) is 15.6. The molecule has 2 saturated carbocycles. The first-order valence-electron chi connectivity index (χ1n) is 9.98. The molecule has 2 aliphatic carbocycles. The first kappa shape index (κ1) is 17.7. The van der Waals surface area contributed by atoms with E-state index in [1.54, 1.807) is 0 Å². The largest absolute Gasteiger partial charge is 0.103 e. The lowest BCUT2D eigenvalue weighted by Gasteiger charge is -2.36. The van der Waals surface area contributed by atoms with E-state index in [0.29, 0.717) is 0 Å². The molecule has 0 aromatic heterocycles. The van der Waals surface area contributed by atoms with E-state index in [9.17, 15) is 0 Å². The summed E-state index contributed by atoms with van der Waals surface area (Å²) in [5.41, 5.74) is 0. The molecule has 0 aromatic carbocycles. The SMILES string of the molecule is CCCC#CC1CCC(C2CCC(C=CCCC)CC2)CC1. The number of hydrogen-bond acceptors (Lipinski definition) is 0. The third-order valence-electron chi connectivity index (χ3n) is 5.80. The van der Waals surface area contributed by atoms with Gasteiger partial charge in [0, 0.05) is 12.3 Å². The summed E-state index contributed by atoms with van der Waals surface area (Å²) in [6.07, 6.45) is 21.3. The highest BCUT2D eigenvalue weighted by Crippen LogP contribution is 2.41. The van der Waals surface area contributed by atoms with Gasteiger partial charge in [-0.3, -0.25) is 0 Å². The average Bonchev–Trinajstić information content (AvgIpc) is 2.57. The van der Waals surface area contributed by atoms with Crippen LogP contribution in [-0.4, -0.2) is 0 Å². The van der Waals surface area contributed by atoms with Crippen LogP contribution >= 0.6 is 0 Å². The summed E-state index contributed by atoms with van der Waals surface area (Å²) in [6.45, 7) is 4.49. The van der Waals surface area contributed by atoms with Gasteiger partial charge in [-0.2, -0.15) is 0 Å². The molecule has 0 unspecified atom stereocenters. The van der Waals surface area contributed by atoms with Gasteiger partial charge < -0.3 is 0 Å². The third-order valence-corrected chi connectivity index (χ3v) is 5.80. The fourth-order valence-electron chi connectivity index (χ4n) is 4.34. The Hall–Kier alpha value is -0.700. The maximum Gasteiger partial charge on any atom is 0.0203 e. The van der Waals surface area contributed by atoms with Crippen molar-refractivity contribution < 1.29 is 0 Å². The van der Waals surface area contributed by atoms with Gasteiger partial charge in [0.15, 0.2) is 0 Å². The van der Waals surface area contributed by atoms with Crippen molar-refractivity contribution in [2.75, 3.05) is 0 Å². The van der Waals surface area contributed by atoms with Crippen molar-refractivity contribution in [3.05, 3.63) is 12.2 Å². The fourth-order valence-corrected chi connectivity index (χ4v) is 4.34. The molecular formula is C22H36. The van der Waals surface area contributed by atoms with Crippen LogP contribution in [0.2, 0.25) is 0 Å². The van der Waals surface area contributed by atoms with Crippen LogP contribution in [0.4, 0.5) is 0 Å². The summed E-state index contributed by atoms with van der Waals surface area (Å²) in [5, 5.41) is 0. The zero-order valence-corrected chi connectivity index (χ0v) is 14.9. The maximum atomic E-state index is 3.52. The van der Waals surface area contributed by atoms with E-state index in [0.717, 1.165) is 30.1 Å². The lowest BCUT2D eigenvalue weighted by atomic mass is 9.69. The lowest BCUT2D eigenvalue weighted by molar-refractivity contribution is 0.168. The Kier molecular flexibility index (Phi) is 8.14. The Bertz CT molecular complexity index is 365. The summed E-state index contributed by atoms with van der Waals surface area (Å²) in [5.74, 6) is 10.5. The minimum atomic E-state index is 0.719. The summed E-state index contributed by atoms with van der Waals surface area (Å²) < 4.78 is 0. The van der Waals surface area contributed by atoms with Gasteiger partial charge in [0.2, 0.25) is 0 Å². The minimum absolute atomic E-state index is 0.719. The lowest BCUT2D eigenvalue weighted by Crippen LogP contribution is -2.25. The number of rotatable bonds is 5. The van der Waals surface area contributed by atoms with Gasteiger partial charge in [-0.05, 0) is 82.0 Å². The molecule has 0 bridgehead atoms. The number of allylic oxidation sites excluding steroid dienone is 2. The van der Waals surface area contributed by atoms with E-state index in [1.807, 2.05) is 0 Å². The molecule has 124 valence electrons. The molecular weight excluding hydrogens is 264 g/mol. The third kappa shape index (κ3) is 5.83. The second kappa shape index (κ2) is 10.1. The summed E-state index contributed by atoms with van der Waals surface area (Å²) >= 11 is 0. The van der Waals surface area contributed by atoms with Crippen LogP contribution in [0.1, 0.15) is 90.9 Å². The molecule has 0 heteroatoms. The van der Waals surface area contributed by atoms with Crippen LogP contribution in [0.25, 0.3) is 0 Å². The molecule has 0 aromatic rings. The van der Waals surface area contributed by atoms with Crippen molar-refractivity contribution in [1.82, 2.24) is 0 Å². The second-order valence-corrected chi connectivity index (χ2v) is 7.57. The van der Waals surface area contributed by atoms with Crippen molar-refractivity contribution in [1.29, 1.82) is 0 Å². The standard InChI is InChI=1S/C22H36/c1-3-5-7-9-19-11-15-21(16-12-19)22-17-13-20(14-18-22)10-8-6-4-2/h7,9,19-22H,3-6,11-18H2,1-2H3. The van der Waals surface area contributed by atoms with E-state index >= 15 is 0 Å². The molecule has 0 nitrogen and oxygen atoms in total. The van der Waals surface area contributed by atoms with Crippen molar-refractivity contribution in [2.24, 2.45) is 23.7 Å². The van der Waals surface area contributed by atoms with E-state index < -0.39 is 0 Å². The monoisotopic (exact) mass is 300 g/mol. The Balaban J connectivity index is 1.67. The molecule has 0 radical (unpaired) electrons. The second-order valence-electron chi connectivity index (χ2n) is 7.57. The van der Waals surface area contributed by atoms with E-state index in [-0.39, 0.29) is 0 Å². The van der Waals surface area contributed by atoms with Crippen LogP contribution in [0.15, 0.2) is 12.2 Å². The Labute approximate surface area is 139 Å². The summed E-state index contributed by atoms with van der Waals surface area (Å²) in [6, 6.07) is 0. The first-order valence-corrected chi connectivity index (χ1v) is 9.98. The summed E-state index contributed by atoms with van der Waals surface area (Å²) in [7, 11) is 0. The zero-order valence-electron chi connectivity index (χ0n) is 14.9. The van der Waals surface area contributed by atoms with Gasteiger partial charge in [0.25, 0.3) is 0 Å². The molecule has 22 heavy (non-hydrogen) atoms. The van der Waals surface area contributed by atoms with Crippen LogP contribution in [-0.2, 0) is 0 Å². The van der Waals surface area contributed by atoms with Crippen molar-refractivity contribution in [2.45, 2.75) is 90.9 Å². The van der Waals surface area contributed by atoms with Gasteiger partial charge in [0.05, 0.1) is 0 Å². The van der Waals surface area contributed by atoms with Crippen LogP contribution < -0.4 is 0 Å².